The molecule has 0 spiro atoms. The highest BCUT2D eigenvalue weighted by atomic mass is 79.9. The Bertz CT molecular complexity index is 882. The largest absolute Gasteiger partial charge is 0.489 e. The standard InChI is InChI=1S/C17H16BrNO5S/c1-23-17(20)10-13-11-24-16-5-3-2-4-15(16)19(13)25(21,22)14-8-6-12(18)7-9-14/h2-9,13H,10-11H2,1H3/t13-/m1/s1. The van der Waals surface area contributed by atoms with Crippen LogP contribution in [0.3, 0.4) is 0 Å². The van der Waals surface area contributed by atoms with Crippen molar-refractivity contribution >= 4 is 37.6 Å². The fraction of sp³-hybridized carbons (Fsp3) is 0.235. The highest BCUT2D eigenvalue weighted by Crippen LogP contribution is 2.38. The molecular formula is C17H16BrNO5S. The third kappa shape index (κ3) is 3.50. The molecule has 0 radical (unpaired) electrons. The van der Waals surface area contributed by atoms with Crippen LogP contribution in [0.4, 0.5) is 5.69 Å². The SMILES string of the molecule is COC(=O)C[C@@H]1COc2ccccc2N1S(=O)(=O)c1ccc(Br)cc1. The average molecular weight is 426 g/mol. The van der Waals surface area contributed by atoms with Crippen LogP contribution in [-0.4, -0.2) is 34.1 Å². The summed E-state index contributed by atoms with van der Waals surface area (Å²) in [4.78, 5) is 11.9. The number of nitrogens with zero attached hydrogens (tertiary/aromatic N) is 1. The lowest BCUT2D eigenvalue weighted by molar-refractivity contribution is -0.141. The van der Waals surface area contributed by atoms with Crippen LogP contribution in [0.15, 0.2) is 57.9 Å². The summed E-state index contributed by atoms with van der Waals surface area (Å²) in [6.07, 6.45) is -0.0966. The van der Waals surface area contributed by atoms with E-state index in [2.05, 4.69) is 15.9 Å². The van der Waals surface area contributed by atoms with Gasteiger partial charge in [0.05, 0.1) is 30.2 Å². The van der Waals surface area contributed by atoms with Crippen LogP contribution in [0.25, 0.3) is 0 Å². The lowest BCUT2D eigenvalue weighted by atomic mass is 10.1. The van der Waals surface area contributed by atoms with Crippen LogP contribution in [-0.2, 0) is 19.6 Å². The van der Waals surface area contributed by atoms with E-state index in [4.69, 9.17) is 9.47 Å². The first kappa shape index (κ1) is 17.8. The highest BCUT2D eigenvalue weighted by molar-refractivity contribution is 9.10. The fourth-order valence-corrected chi connectivity index (χ4v) is 4.58. The van der Waals surface area contributed by atoms with Crippen LogP contribution in [0, 0.1) is 0 Å². The van der Waals surface area contributed by atoms with Crippen LogP contribution < -0.4 is 9.04 Å². The van der Waals surface area contributed by atoms with Gasteiger partial charge in [-0.1, -0.05) is 28.1 Å². The van der Waals surface area contributed by atoms with Gasteiger partial charge in [0.15, 0.2) is 0 Å². The summed E-state index contributed by atoms with van der Waals surface area (Å²) < 4.78 is 38.9. The van der Waals surface area contributed by atoms with E-state index in [0.717, 1.165) is 4.47 Å². The van der Waals surface area contributed by atoms with E-state index >= 15 is 0 Å². The summed E-state index contributed by atoms with van der Waals surface area (Å²) >= 11 is 3.30. The predicted octanol–water partition coefficient (Wildman–Crippen LogP) is 2.97. The Morgan fingerprint density at radius 2 is 1.92 bits per heavy atom. The van der Waals surface area contributed by atoms with Gasteiger partial charge < -0.3 is 9.47 Å². The molecule has 1 heterocycles. The predicted molar refractivity (Wildman–Crippen MR) is 96.2 cm³/mol. The molecule has 0 unspecified atom stereocenters. The van der Waals surface area contributed by atoms with Gasteiger partial charge in [0, 0.05) is 4.47 Å². The first-order valence-electron chi connectivity index (χ1n) is 7.52. The van der Waals surface area contributed by atoms with Crippen molar-refractivity contribution in [1.29, 1.82) is 0 Å². The minimum atomic E-state index is -3.87. The molecule has 2 aromatic rings. The zero-order valence-electron chi connectivity index (χ0n) is 13.4. The van der Waals surface area contributed by atoms with Crippen LogP contribution >= 0.6 is 15.9 Å². The third-order valence-electron chi connectivity index (χ3n) is 3.87. The van der Waals surface area contributed by atoms with Gasteiger partial charge in [-0.3, -0.25) is 9.10 Å². The summed E-state index contributed by atoms with van der Waals surface area (Å²) in [6.45, 7) is 0.0713. The summed E-state index contributed by atoms with van der Waals surface area (Å²) in [5, 5.41) is 0. The van der Waals surface area contributed by atoms with Gasteiger partial charge in [0.1, 0.15) is 12.4 Å². The topological polar surface area (TPSA) is 72.9 Å². The summed E-state index contributed by atoms with van der Waals surface area (Å²) in [5.41, 5.74) is 0.408. The van der Waals surface area contributed by atoms with Gasteiger partial charge in [-0.25, -0.2) is 8.42 Å². The molecule has 1 aliphatic rings. The Kier molecular flexibility index (Phi) is 5.01. The number of carbonyl (C=O) groups is 1. The molecule has 0 aliphatic carbocycles. The minimum Gasteiger partial charge on any atom is -0.489 e. The first-order chi connectivity index (χ1) is 11.9. The van der Waals surface area contributed by atoms with E-state index in [9.17, 15) is 13.2 Å². The molecule has 25 heavy (non-hydrogen) atoms. The second-order valence-corrected chi connectivity index (χ2v) is 8.20. The van der Waals surface area contributed by atoms with Crippen molar-refractivity contribution in [3.63, 3.8) is 0 Å². The number of rotatable bonds is 4. The van der Waals surface area contributed by atoms with Crippen molar-refractivity contribution in [2.75, 3.05) is 18.0 Å². The van der Waals surface area contributed by atoms with Gasteiger partial charge in [-0.05, 0) is 36.4 Å². The second-order valence-electron chi connectivity index (χ2n) is 5.47. The second kappa shape index (κ2) is 7.05. The number of anilines is 1. The third-order valence-corrected chi connectivity index (χ3v) is 6.28. The molecule has 0 fully saturated rings. The molecule has 132 valence electrons. The van der Waals surface area contributed by atoms with E-state index in [1.54, 1.807) is 36.4 Å². The lowest BCUT2D eigenvalue weighted by Gasteiger charge is -2.37. The number of hydrogen-bond acceptors (Lipinski definition) is 5. The van der Waals surface area contributed by atoms with Crippen LogP contribution in [0.1, 0.15) is 6.42 Å². The minimum absolute atomic E-state index is 0.0713. The summed E-state index contributed by atoms with van der Waals surface area (Å²) in [5.74, 6) is -0.0340. The van der Waals surface area contributed by atoms with E-state index in [1.807, 2.05) is 0 Å². The van der Waals surface area contributed by atoms with Crippen molar-refractivity contribution in [1.82, 2.24) is 0 Å². The number of fused-ring (bicyclic) bond motifs is 1. The van der Waals surface area contributed by atoms with Crippen molar-refractivity contribution in [2.24, 2.45) is 0 Å². The number of sulfonamides is 1. The Balaban J connectivity index is 2.09. The quantitative estimate of drug-likeness (QED) is 0.703. The summed E-state index contributed by atoms with van der Waals surface area (Å²) in [6, 6.07) is 12.5. The van der Waals surface area contributed by atoms with Gasteiger partial charge in [-0.15, -0.1) is 0 Å². The van der Waals surface area contributed by atoms with E-state index in [-0.39, 0.29) is 17.9 Å². The molecule has 6 nitrogen and oxygen atoms in total. The number of para-hydroxylation sites is 2. The van der Waals surface area contributed by atoms with E-state index in [1.165, 1.54) is 23.5 Å². The number of benzene rings is 2. The Labute approximate surface area is 154 Å². The Hall–Kier alpha value is -2.06. The first-order valence-corrected chi connectivity index (χ1v) is 9.75. The molecule has 0 saturated heterocycles. The number of esters is 1. The number of ether oxygens (including phenoxy) is 2. The number of methoxy groups -OCH3 is 1. The lowest BCUT2D eigenvalue weighted by Crippen LogP contribution is -2.47. The number of halogens is 1. The number of carbonyl (C=O) groups excluding carboxylic acids is 1. The van der Waals surface area contributed by atoms with Gasteiger partial charge in [-0.2, -0.15) is 0 Å². The molecule has 0 bridgehead atoms. The van der Waals surface area contributed by atoms with Crippen LogP contribution in [0.2, 0.25) is 0 Å². The van der Waals surface area contributed by atoms with Gasteiger partial charge >= 0.3 is 5.97 Å². The van der Waals surface area contributed by atoms with Gasteiger partial charge in [0.2, 0.25) is 0 Å². The van der Waals surface area contributed by atoms with Crippen molar-refractivity contribution in [3.8, 4) is 5.75 Å². The van der Waals surface area contributed by atoms with Crippen molar-refractivity contribution in [3.05, 3.63) is 53.0 Å². The van der Waals surface area contributed by atoms with Crippen molar-refractivity contribution in [2.45, 2.75) is 17.4 Å². The molecule has 1 atom stereocenters. The maximum atomic E-state index is 13.2. The molecule has 2 aromatic carbocycles. The highest BCUT2D eigenvalue weighted by Gasteiger charge is 2.38. The molecule has 8 heteroatoms. The molecule has 1 aliphatic heterocycles. The molecule has 0 N–H and O–H groups in total. The maximum Gasteiger partial charge on any atom is 0.307 e. The monoisotopic (exact) mass is 425 g/mol. The average Bonchev–Trinajstić information content (AvgIpc) is 2.61. The zero-order chi connectivity index (χ0) is 18.0. The van der Waals surface area contributed by atoms with Crippen molar-refractivity contribution < 1.29 is 22.7 Å². The fourth-order valence-electron chi connectivity index (χ4n) is 2.68. The van der Waals surface area contributed by atoms with E-state index in [0.29, 0.717) is 11.4 Å². The normalized spacial score (nSPS) is 16.7. The molecule has 0 saturated carbocycles. The Morgan fingerprint density at radius 1 is 1.24 bits per heavy atom. The number of hydrogen-bond donors (Lipinski definition) is 0. The van der Waals surface area contributed by atoms with Gasteiger partial charge in [0.25, 0.3) is 10.0 Å². The molecule has 0 aromatic heterocycles. The summed E-state index contributed by atoms with van der Waals surface area (Å²) in [7, 11) is -2.60. The smallest absolute Gasteiger partial charge is 0.307 e. The van der Waals surface area contributed by atoms with E-state index < -0.39 is 22.0 Å². The molecular weight excluding hydrogens is 410 g/mol. The Morgan fingerprint density at radius 3 is 2.60 bits per heavy atom. The zero-order valence-corrected chi connectivity index (χ0v) is 15.8. The van der Waals surface area contributed by atoms with Crippen LogP contribution in [0.5, 0.6) is 5.75 Å². The molecule has 0 amide bonds. The molecule has 3 rings (SSSR count). The maximum absolute atomic E-state index is 13.2.